The Kier molecular flexibility index (Phi) is 5.16. The van der Waals surface area contributed by atoms with Crippen molar-refractivity contribution in [1.29, 1.82) is 0 Å². The molecule has 0 saturated carbocycles. The standard InChI is InChI=1S/C21H26N4O/c26-21(17-25-12-6-9-19(25)18-7-2-1-3-8-18)24-15-13-23(14-16-24)20-10-4-5-11-22-20/h1-5,7-8,10-11,19H,6,9,12-17H2/t19-/m0/s1. The molecule has 0 aliphatic carbocycles. The largest absolute Gasteiger partial charge is 0.353 e. The van der Waals surface area contributed by atoms with Gasteiger partial charge in [0.2, 0.25) is 5.91 Å². The third-order valence-corrected chi connectivity index (χ3v) is 5.49. The van der Waals surface area contributed by atoms with E-state index in [1.165, 1.54) is 12.0 Å². The van der Waals surface area contributed by atoms with Crippen LogP contribution in [-0.4, -0.2) is 60.0 Å². The second-order valence-electron chi connectivity index (χ2n) is 7.09. The number of carbonyl (C=O) groups is 1. The highest BCUT2D eigenvalue weighted by Crippen LogP contribution is 2.31. The van der Waals surface area contributed by atoms with Crippen LogP contribution in [-0.2, 0) is 4.79 Å². The normalized spacial score (nSPS) is 21.2. The Morgan fingerprint density at radius 2 is 1.73 bits per heavy atom. The summed E-state index contributed by atoms with van der Waals surface area (Å²) in [5.41, 5.74) is 1.33. The van der Waals surface area contributed by atoms with Gasteiger partial charge in [-0.3, -0.25) is 9.69 Å². The van der Waals surface area contributed by atoms with E-state index in [2.05, 4.69) is 45.1 Å². The van der Waals surface area contributed by atoms with Gasteiger partial charge in [0, 0.05) is 38.4 Å². The molecule has 4 rings (SSSR count). The minimum Gasteiger partial charge on any atom is -0.353 e. The number of carbonyl (C=O) groups excluding carboxylic acids is 1. The summed E-state index contributed by atoms with van der Waals surface area (Å²) in [5, 5.41) is 0. The molecule has 0 unspecified atom stereocenters. The molecule has 5 nitrogen and oxygen atoms in total. The van der Waals surface area contributed by atoms with Crippen LogP contribution in [0.3, 0.4) is 0 Å². The molecule has 0 bridgehead atoms. The first-order valence-electron chi connectivity index (χ1n) is 9.54. The number of nitrogens with zero attached hydrogens (tertiary/aromatic N) is 4. The van der Waals surface area contributed by atoms with Gasteiger partial charge >= 0.3 is 0 Å². The van der Waals surface area contributed by atoms with Crippen molar-refractivity contribution in [2.75, 3.05) is 44.2 Å². The SMILES string of the molecule is O=C(CN1CCC[C@H]1c1ccccc1)N1CCN(c2ccccn2)CC1. The minimum atomic E-state index is 0.258. The number of hydrogen-bond acceptors (Lipinski definition) is 4. The molecule has 3 heterocycles. The van der Waals surface area contributed by atoms with Crippen LogP contribution in [0.2, 0.25) is 0 Å². The molecule has 1 aromatic carbocycles. The first-order chi connectivity index (χ1) is 12.8. The molecule has 2 aromatic rings. The zero-order valence-electron chi connectivity index (χ0n) is 15.1. The Labute approximate surface area is 155 Å². The van der Waals surface area contributed by atoms with Gasteiger partial charge in [-0.25, -0.2) is 4.98 Å². The van der Waals surface area contributed by atoms with Crippen molar-refractivity contribution < 1.29 is 4.79 Å². The number of rotatable bonds is 4. The Bertz CT molecular complexity index is 713. The van der Waals surface area contributed by atoms with Gasteiger partial charge in [-0.2, -0.15) is 0 Å². The van der Waals surface area contributed by atoms with Crippen LogP contribution in [0.25, 0.3) is 0 Å². The zero-order valence-corrected chi connectivity index (χ0v) is 15.1. The summed E-state index contributed by atoms with van der Waals surface area (Å²) in [6.07, 6.45) is 4.13. The molecule has 1 atom stereocenters. The summed E-state index contributed by atoms with van der Waals surface area (Å²) in [6.45, 7) is 4.80. The fourth-order valence-electron chi connectivity index (χ4n) is 4.07. The average Bonchev–Trinajstić information content (AvgIpc) is 3.17. The summed E-state index contributed by atoms with van der Waals surface area (Å²) in [5.74, 6) is 1.26. The van der Waals surface area contributed by atoms with Crippen molar-refractivity contribution >= 4 is 11.7 Å². The molecule has 0 radical (unpaired) electrons. The van der Waals surface area contributed by atoms with E-state index in [4.69, 9.17) is 0 Å². The summed E-state index contributed by atoms with van der Waals surface area (Å²) in [4.78, 5) is 23.9. The number of anilines is 1. The number of piperazine rings is 1. The van der Waals surface area contributed by atoms with E-state index in [9.17, 15) is 4.79 Å². The van der Waals surface area contributed by atoms with E-state index < -0.39 is 0 Å². The number of amides is 1. The average molecular weight is 350 g/mol. The van der Waals surface area contributed by atoms with Gasteiger partial charge in [0.1, 0.15) is 5.82 Å². The summed E-state index contributed by atoms with van der Waals surface area (Å²) in [6, 6.07) is 16.9. The molecule has 0 N–H and O–H groups in total. The van der Waals surface area contributed by atoms with Crippen LogP contribution in [0.4, 0.5) is 5.82 Å². The Hall–Kier alpha value is -2.40. The molecule has 1 amide bonds. The maximum absolute atomic E-state index is 12.8. The van der Waals surface area contributed by atoms with Crippen LogP contribution in [0, 0.1) is 0 Å². The van der Waals surface area contributed by atoms with Crippen molar-refractivity contribution in [3.05, 3.63) is 60.3 Å². The molecule has 2 saturated heterocycles. The van der Waals surface area contributed by atoms with Crippen LogP contribution >= 0.6 is 0 Å². The van der Waals surface area contributed by atoms with Crippen molar-refractivity contribution in [3.63, 3.8) is 0 Å². The smallest absolute Gasteiger partial charge is 0.236 e. The Balaban J connectivity index is 1.33. The lowest BCUT2D eigenvalue weighted by Crippen LogP contribution is -2.51. The fourth-order valence-corrected chi connectivity index (χ4v) is 4.07. The Morgan fingerprint density at radius 3 is 2.46 bits per heavy atom. The molecule has 1 aromatic heterocycles. The number of aromatic nitrogens is 1. The third-order valence-electron chi connectivity index (χ3n) is 5.49. The van der Waals surface area contributed by atoms with Gasteiger partial charge in [-0.1, -0.05) is 36.4 Å². The third kappa shape index (κ3) is 3.73. The van der Waals surface area contributed by atoms with Crippen molar-refractivity contribution in [1.82, 2.24) is 14.8 Å². The van der Waals surface area contributed by atoms with E-state index >= 15 is 0 Å². The second-order valence-corrected chi connectivity index (χ2v) is 7.09. The first kappa shape index (κ1) is 17.0. The molecular weight excluding hydrogens is 324 g/mol. The summed E-state index contributed by atoms with van der Waals surface area (Å²) < 4.78 is 0. The van der Waals surface area contributed by atoms with E-state index in [-0.39, 0.29) is 5.91 Å². The molecule has 5 heteroatoms. The first-order valence-corrected chi connectivity index (χ1v) is 9.54. The van der Waals surface area contributed by atoms with Gasteiger partial charge in [0.25, 0.3) is 0 Å². The Morgan fingerprint density at radius 1 is 0.962 bits per heavy atom. The maximum Gasteiger partial charge on any atom is 0.236 e. The van der Waals surface area contributed by atoms with E-state index in [1.807, 2.05) is 29.3 Å². The quantitative estimate of drug-likeness (QED) is 0.850. The molecule has 26 heavy (non-hydrogen) atoms. The van der Waals surface area contributed by atoms with Crippen LogP contribution in [0.15, 0.2) is 54.7 Å². The van der Waals surface area contributed by atoms with Gasteiger partial charge in [0.05, 0.1) is 6.54 Å². The van der Waals surface area contributed by atoms with Gasteiger partial charge in [0.15, 0.2) is 0 Å². The van der Waals surface area contributed by atoms with E-state index in [0.29, 0.717) is 12.6 Å². The number of benzene rings is 1. The minimum absolute atomic E-state index is 0.258. The predicted molar refractivity (Wildman–Crippen MR) is 103 cm³/mol. The molecule has 0 spiro atoms. The number of hydrogen-bond donors (Lipinski definition) is 0. The zero-order chi connectivity index (χ0) is 17.8. The molecule has 2 aliphatic rings. The lowest BCUT2D eigenvalue weighted by atomic mass is 10.0. The second kappa shape index (κ2) is 7.87. The van der Waals surface area contributed by atoms with E-state index in [0.717, 1.165) is 45.0 Å². The topological polar surface area (TPSA) is 39.7 Å². The maximum atomic E-state index is 12.8. The highest BCUT2D eigenvalue weighted by molar-refractivity contribution is 5.78. The molecule has 2 aliphatic heterocycles. The van der Waals surface area contributed by atoms with Crippen molar-refractivity contribution in [3.8, 4) is 0 Å². The fraction of sp³-hybridized carbons (Fsp3) is 0.429. The van der Waals surface area contributed by atoms with Crippen molar-refractivity contribution in [2.45, 2.75) is 18.9 Å². The van der Waals surface area contributed by atoms with Crippen LogP contribution in [0.1, 0.15) is 24.4 Å². The molecular formula is C21H26N4O. The molecule has 2 fully saturated rings. The van der Waals surface area contributed by atoms with Crippen LogP contribution < -0.4 is 4.90 Å². The number of pyridine rings is 1. The lowest BCUT2D eigenvalue weighted by Gasteiger charge is -2.36. The highest BCUT2D eigenvalue weighted by Gasteiger charge is 2.30. The summed E-state index contributed by atoms with van der Waals surface area (Å²) >= 11 is 0. The van der Waals surface area contributed by atoms with Crippen molar-refractivity contribution in [2.24, 2.45) is 0 Å². The summed E-state index contributed by atoms with van der Waals surface area (Å²) in [7, 11) is 0. The number of likely N-dealkylation sites (tertiary alicyclic amines) is 1. The van der Waals surface area contributed by atoms with Gasteiger partial charge in [-0.05, 0) is 37.1 Å². The monoisotopic (exact) mass is 350 g/mol. The van der Waals surface area contributed by atoms with E-state index in [1.54, 1.807) is 0 Å². The highest BCUT2D eigenvalue weighted by atomic mass is 16.2. The van der Waals surface area contributed by atoms with Crippen LogP contribution in [0.5, 0.6) is 0 Å². The molecule has 136 valence electrons. The van der Waals surface area contributed by atoms with Gasteiger partial charge < -0.3 is 9.80 Å². The predicted octanol–water partition coefficient (Wildman–Crippen LogP) is 2.57. The lowest BCUT2D eigenvalue weighted by molar-refractivity contribution is -0.133. The van der Waals surface area contributed by atoms with Gasteiger partial charge in [-0.15, -0.1) is 0 Å².